The molecule has 0 spiro atoms. The molecular weight excluding hydrogens is 368 g/mol. The number of furan rings is 1. The van der Waals surface area contributed by atoms with Crippen LogP contribution < -0.4 is 10.6 Å². The van der Waals surface area contributed by atoms with Crippen molar-refractivity contribution in [1.29, 1.82) is 0 Å². The van der Waals surface area contributed by atoms with Crippen LogP contribution in [0.2, 0.25) is 0 Å². The smallest absolute Gasteiger partial charge is 0.291 e. The number of fused-ring (bicyclic) bond motifs is 1. The highest BCUT2D eigenvalue weighted by molar-refractivity contribution is 6.04. The van der Waals surface area contributed by atoms with Gasteiger partial charge in [0.05, 0.1) is 12.1 Å². The number of carbonyl (C=O) groups excluding carboxylic acids is 2. The van der Waals surface area contributed by atoms with Crippen LogP contribution in [0.15, 0.2) is 65.1 Å². The highest BCUT2D eigenvalue weighted by Gasteiger charge is 2.13. The van der Waals surface area contributed by atoms with Crippen LogP contribution >= 0.6 is 0 Å². The number of para-hydroxylation sites is 1. The lowest BCUT2D eigenvalue weighted by atomic mass is 10.1. The summed E-state index contributed by atoms with van der Waals surface area (Å²) in [6.07, 6.45) is 0.224. The number of amides is 2. The second kappa shape index (κ2) is 7.63. The number of nitrogens with one attached hydrogen (secondary N) is 2. The van der Waals surface area contributed by atoms with Crippen LogP contribution in [0.1, 0.15) is 21.8 Å². The number of hydrogen-bond donors (Lipinski definition) is 2. The minimum Gasteiger partial charge on any atom is -0.451 e. The number of aryl methyl sites for hydroxylation is 2. The number of rotatable bonds is 5. The zero-order chi connectivity index (χ0) is 20.4. The third kappa shape index (κ3) is 4.19. The van der Waals surface area contributed by atoms with Gasteiger partial charge in [0.15, 0.2) is 5.76 Å². The number of benzene rings is 2. The van der Waals surface area contributed by atoms with E-state index in [0.717, 1.165) is 16.6 Å². The van der Waals surface area contributed by atoms with E-state index < -0.39 is 0 Å². The summed E-state index contributed by atoms with van der Waals surface area (Å²) in [4.78, 5) is 24.6. The molecule has 0 unspecified atom stereocenters. The van der Waals surface area contributed by atoms with E-state index in [9.17, 15) is 9.59 Å². The molecule has 0 radical (unpaired) electrons. The van der Waals surface area contributed by atoms with Crippen molar-refractivity contribution < 1.29 is 14.0 Å². The van der Waals surface area contributed by atoms with Gasteiger partial charge < -0.3 is 15.1 Å². The van der Waals surface area contributed by atoms with Crippen LogP contribution in [-0.2, 0) is 18.3 Å². The summed E-state index contributed by atoms with van der Waals surface area (Å²) in [6, 6.07) is 18.1. The number of hydrogen-bond acceptors (Lipinski definition) is 4. The number of nitrogens with zero attached hydrogens (tertiary/aromatic N) is 2. The standard InChI is InChI=1S/C22H20N4O3/c1-14-11-20(26(2)25-14)24-21(27)12-15-7-9-17(10-8-15)23-22(28)19-13-16-5-3-4-6-18(16)29-19/h3-11,13H,12H2,1-2H3,(H,23,28)(H,24,27). The maximum atomic E-state index is 12.4. The van der Waals surface area contributed by atoms with Crippen molar-refractivity contribution in [2.45, 2.75) is 13.3 Å². The predicted molar refractivity (Wildman–Crippen MR) is 111 cm³/mol. The molecule has 0 fully saturated rings. The van der Waals surface area contributed by atoms with Crippen LogP contribution in [0.4, 0.5) is 11.5 Å². The SMILES string of the molecule is Cc1cc(NC(=O)Cc2ccc(NC(=O)c3cc4ccccc4o3)cc2)n(C)n1. The molecule has 0 aliphatic heterocycles. The van der Waals surface area contributed by atoms with Crippen molar-refractivity contribution in [3.63, 3.8) is 0 Å². The van der Waals surface area contributed by atoms with Crippen LogP contribution in [0.25, 0.3) is 11.0 Å². The van der Waals surface area contributed by atoms with E-state index in [1.165, 1.54) is 0 Å². The molecule has 0 aliphatic carbocycles. The van der Waals surface area contributed by atoms with Crippen LogP contribution in [-0.4, -0.2) is 21.6 Å². The van der Waals surface area contributed by atoms with Crippen molar-refractivity contribution >= 4 is 34.3 Å². The lowest BCUT2D eigenvalue weighted by molar-refractivity contribution is -0.115. The molecule has 2 aromatic carbocycles. The monoisotopic (exact) mass is 388 g/mol. The molecule has 0 saturated heterocycles. The van der Waals surface area contributed by atoms with E-state index in [-0.39, 0.29) is 24.0 Å². The van der Waals surface area contributed by atoms with Crippen LogP contribution in [0, 0.1) is 6.92 Å². The Morgan fingerprint density at radius 3 is 2.48 bits per heavy atom. The third-order valence-electron chi connectivity index (χ3n) is 4.50. The van der Waals surface area contributed by atoms with Gasteiger partial charge in [0.2, 0.25) is 5.91 Å². The molecule has 146 valence electrons. The number of anilines is 2. The first-order valence-corrected chi connectivity index (χ1v) is 9.17. The third-order valence-corrected chi connectivity index (χ3v) is 4.50. The molecule has 2 aromatic heterocycles. The summed E-state index contributed by atoms with van der Waals surface area (Å²) >= 11 is 0. The van der Waals surface area contributed by atoms with Gasteiger partial charge in [-0.05, 0) is 36.8 Å². The molecule has 0 atom stereocenters. The second-order valence-corrected chi connectivity index (χ2v) is 6.82. The fourth-order valence-electron chi connectivity index (χ4n) is 3.09. The zero-order valence-corrected chi connectivity index (χ0v) is 16.1. The fourth-order valence-corrected chi connectivity index (χ4v) is 3.09. The molecule has 7 nitrogen and oxygen atoms in total. The average molecular weight is 388 g/mol. The minimum atomic E-state index is -0.321. The molecule has 2 heterocycles. The minimum absolute atomic E-state index is 0.132. The van der Waals surface area contributed by atoms with Gasteiger partial charge in [-0.25, -0.2) is 0 Å². The van der Waals surface area contributed by atoms with Gasteiger partial charge in [-0.3, -0.25) is 14.3 Å². The lowest BCUT2D eigenvalue weighted by Crippen LogP contribution is -2.16. The summed E-state index contributed by atoms with van der Waals surface area (Å²) < 4.78 is 7.20. The summed E-state index contributed by atoms with van der Waals surface area (Å²) in [6.45, 7) is 1.87. The normalized spacial score (nSPS) is 10.8. The molecule has 0 saturated carbocycles. The van der Waals surface area contributed by atoms with Crippen molar-refractivity contribution in [3.8, 4) is 0 Å². The fraction of sp³-hybridized carbons (Fsp3) is 0.136. The Labute approximate surface area is 167 Å². The first kappa shape index (κ1) is 18.5. The van der Waals surface area contributed by atoms with E-state index in [1.807, 2.05) is 49.4 Å². The average Bonchev–Trinajstić information content (AvgIpc) is 3.26. The maximum Gasteiger partial charge on any atom is 0.291 e. The number of carbonyl (C=O) groups is 2. The van der Waals surface area contributed by atoms with Crippen LogP contribution in [0.5, 0.6) is 0 Å². The molecule has 0 bridgehead atoms. The van der Waals surface area contributed by atoms with Crippen molar-refractivity contribution in [1.82, 2.24) is 9.78 Å². The van der Waals surface area contributed by atoms with Gasteiger partial charge in [-0.2, -0.15) is 5.10 Å². The largest absolute Gasteiger partial charge is 0.451 e. The van der Waals surface area contributed by atoms with Crippen molar-refractivity contribution in [3.05, 3.63) is 77.7 Å². The molecule has 29 heavy (non-hydrogen) atoms. The summed E-state index contributed by atoms with van der Waals surface area (Å²) in [5.74, 6) is 0.452. The molecule has 0 aliphatic rings. The molecule has 2 amide bonds. The van der Waals surface area contributed by atoms with E-state index in [1.54, 1.807) is 29.9 Å². The predicted octanol–water partition coefficient (Wildman–Crippen LogP) is 3.91. The Kier molecular flexibility index (Phi) is 4.87. The molecule has 4 rings (SSSR count). The first-order valence-electron chi connectivity index (χ1n) is 9.17. The topological polar surface area (TPSA) is 89.2 Å². The molecule has 2 N–H and O–H groups in total. The van der Waals surface area contributed by atoms with Gasteiger partial charge in [-0.15, -0.1) is 0 Å². The van der Waals surface area contributed by atoms with Gasteiger partial charge >= 0.3 is 0 Å². The molecule has 4 aromatic rings. The van der Waals surface area contributed by atoms with Gasteiger partial charge in [-0.1, -0.05) is 30.3 Å². The lowest BCUT2D eigenvalue weighted by Gasteiger charge is -2.07. The Balaban J connectivity index is 1.37. The zero-order valence-electron chi connectivity index (χ0n) is 16.1. The Bertz CT molecular complexity index is 1160. The van der Waals surface area contributed by atoms with Crippen molar-refractivity contribution in [2.75, 3.05) is 10.6 Å². The second-order valence-electron chi connectivity index (χ2n) is 6.82. The quantitative estimate of drug-likeness (QED) is 0.542. The Hall–Kier alpha value is -3.87. The molecular formula is C22H20N4O3. The maximum absolute atomic E-state index is 12.4. The van der Waals surface area contributed by atoms with E-state index >= 15 is 0 Å². The van der Waals surface area contributed by atoms with Crippen molar-refractivity contribution in [2.24, 2.45) is 7.05 Å². The Morgan fingerprint density at radius 1 is 1.03 bits per heavy atom. The van der Waals surface area contributed by atoms with Gasteiger partial charge in [0.1, 0.15) is 11.4 Å². The molecule has 7 heteroatoms. The van der Waals surface area contributed by atoms with E-state index in [4.69, 9.17) is 4.42 Å². The van der Waals surface area contributed by atoms with E-state index in [2.05, 4.69) is 15.7 Å². The van der Waals surface area contributed by atoms with Crippen LogP contribution in [0.3, 0.4) is 0 Å². The van der Waals surface area contributed by atoms with Gasteiger partial charge in [0.25, 0.3) is 5.91 Å². The van der Waals surface area contributed by atoms with Gasteiger partial charge in [0, 0.05) is 24.2 Å². The van der Waals surface area contributed by atoms with E-state index in [0.29, 0.717) is 17.1 Å². The highest BCUT2D eigenvalue weighted by Crippen LogP contribution is 2.20. The summed E-state index contributed by atoms with van der Waals surface area (Å²) in [5.41, 5.74) is 2.97. The number of aromatic nitrogens is 2. The Morgan fingerprint density at radius 2 is 1.79 bits per heavy atom. The summed E-state index contributed by atoms with van der Waals surface area (Å²) in [7, 11) is 1.78. The highest BCUT2D eigenvalue weighted by atomic mass is 16.3. The summed E-state index contributed by atoms with van der Waals surface area (Å²) in [5, 5.41) is 10.7. The first-order chi connectivity index (χ1) is 14.0.